The largest absolute Gasteiger partial charge is 0.411 e. The number of benzene rings is 1. The molecule has 0 aliphatic rings. The van der Waals surface area contributed by atoms with Crippen molar-refractivity contribution in [3.05, 3.63) is 29.6 Å². The van der Waals surface area contributed by atoms with Gasteiger partial charge in [-0.3, -0.25) is 0 Å². The van der Waals surface area contributed by atoms with Gasteiger partial charge in [-0.05, 0) is 32.0 Å². The number of halogens is 3. The smallest absolute Gasteiger partial charge is 0.364 e. The number of ether oxygens (including phenoxy) is 1. The Morgan fingerprint density at radius 2 is 2.10 bits per heavy atom. The number of hydrogen-bond donors (Lipinski definition) is 0. The molecule has 0 unspecified atom stereocenters. The molecule has 0 aliphatic carbocycles. The Bertz CT molecular complexity index is 683. The summed E-state index contributed by atoms with van der Waals surface area (Å²) in [5, 5.41) is 8.88. The molecule has 0 saturated carbocycles. The zero-order valence-electron chi connectivity index (χ0n) is 11.6. The molecule has 1 heterocycles. The van der Waals surface area contributed by atoms with Crippen LogP contribution in [0, 0.1) is 11.3 Å². The molecule has 0 aliphatic heterocycles. The number of imidazole rings is 1. The maximum Gasteiger partial charge on any atom is 0.411 e. The Morgan fingerprint density at radius 3 is 2.67 bits per heavy atom. The van der Waals surface area contributed by atoms with Gasteiger partial charge in [-0.15, -0.1) is 0 Å². The number of fused-ring (bicyclic) bond motifs is 1. The second kappa shape index (κ2) is 5.74. The molecule has 112 valence electrons. The van der Waals surface area contributed by atoms with Gasteiger partial charge in [0.05, 0.1) is 22.7 Å². The summed E-state index contributed by atoms with van der Waals surface area (Å²) in [5.41, 5.74) is 1.81. The molecule has 0 fully saturated rings. The fourth-order valence-electron chi connectivity index (χ4n) is 2.15. The van der Waals surface area contributed by atoms with Crippen LogP contribution in [0.1, 0.15) is 31.3 Å². The Balaban J connectivity index is 2.34. The topological polar surface area (TPSA) is 50.8 Å². The summed E-state index contributed by atoms with van der Waals surface area (Å²) in [5.74, 6) is 0.416. The molecule has 0 saturated heterocycles. The van der Waals surface area contributed by atoms with Gasteiger partial charge in [0.15, 0.2) is 0 Å². The van der Waals surface area contributed by atoms with E-state index in [2.05, 4.69) is 9.72 Å². The van der Waals surface area contributed by atoms with Gasteiger partial charge in [-0.1, -0.05) is 0 Å². The fraction of sp³-hybridized carbons (Fsp3) is 0.429. The minimum Gasteiger partial charge on any atom is -0.364 e. The number of hydrogen-bond acceptors (Lipinski definition) is 3. The van der Waals surface area contributed by atoms with Crippen molar-refractivity contribution in [1.82, 2.24) is 9.55 Å². The van der Waals surface area contributed by atoms with E-state index in [0.717, 1.165) is 5.52 Å². The molecule has 1 aromatic carbocycles. The van der Waals surface area contributed by atoms with Gasteiger partial charge in [0.25, 0.3) is 0 Å². The zero-order chi connectivity index (χ0) is 15.6. The molecular weight excluding hydrogens is 283 g/mol. The number of nitriles is 1. The second-order valence-corrected chi connectivity index (χ2v) is 4.92. The third-order valence-corrected chi connectivity index (χ3v) is 2.90. The van der Waals surface area contributed by atoms with E-state index in [1.54, 1.807) is 18.2 Å². The summed E-state index contributed by atoms with van der Waals surface area (Å²) in [4.78, 5) is 4.28. The summed E-state index contributed by atoms with van der Waals surface area (Å²) in [6, 6.07) is 7.04. The molecular formula is C14H14F3N3O. The summed E-state index contributed by atoms with van der Waals surface area (Å²) >= 11 is 0. The molecule has 1 aromatic heterocycles. The van der Waals surface area contributed by atoms with Gasteiger partial charge in [0, 0.05) is 6.04 Å². The molecule has 0 radical (unpaired) electrons. The van der Waals surface area contributed by atoms with Crippen LogP contribution in [0.4, 0.5) is 13.2 Å². The Labute approximate surface area is 119 Å². The van der Waals surface area contributed by atoms with E-state index < -0.39 is 12.8 Å². The summed E-state index contributed by atoms with van der Waals surface area (Å²) in [6.45, 7) is 2.28. The van der Waals surface area contributed by atoms with Crippen LogP contribution in [0.3, 0.4) is 0 Å². The summed E-state index contributed by atoms with van der Waals surface area (Å²) in [7, 11) is 0. The molecule has 0 N–H and O–H groups in total. The lowest BCUT2D eigenvalue weighted by atomic mass is 10.2. The third-order valence-electron chi connectivity index (χ3n) is 2.90. The molecule has 0 amide bonds. The van der Waals surface area contributed by atoms with Gasteiger partial charge >= 0.3 is 6.18 Å². The SMILES string of the molecule is CC(C)n1c(COCC(F)(F)F)nc2cc(C#N)ccc21. The average molecular weight is 297 g/mol. The summed E-state index contributed by atoms with van der Waals surface area (Å²) < 4.78 is 42.9. The number of aromatic nitrogens is 2. The van der Waals surface area contributed by atoms with Crippen molar-refractivity contribution in [2.45, 2.75) is 32.7 Å². The van der Waals surface area contributed by atoms with Gasteiger partial charge in [0.2, 0.25) is 0 Å². The molecule has 4 nitrogen and oxygen atoms in total. The second-order valence-electron chi connectivity index (χ2n) is 4.92. The van der Waals surface area contributed by atoms with Gasteiger partial charge in [0.1, 0.15) is 19.0 Å². The average Bonchev–Trinajstić information content (AvgIpc) is 2.74. The van der Waals surface area contributed by atoms with Crippen LogP contribution in [-0.4, -0.2) is 22.3 Å². The van der Waals surface area contributed by atoms with E-state index in [1.165, 1.54) is 0 Å². The van der Waals surface area contributed by atoms with E-state index in [0.29, 0.717) is 16.9 Å². The Morgan fingerprint density at radius 1 is 1.38 bits per heavy atom. The quantitative estimate of drug-likeness (QED) is 0.867. The lowest BCUT2D eigenvalue weighted by molar-refractivity contribution is -0.177. The van der Waals surface area contributed by atoms with Crippen molar-refractivity contribution >= 4 is 11.0 Å². The zero-order valence-corrected chi connectivity index (χ0v) is 11.6. The maximum absolute atomic E-state index is 12.1. The van der Waals surface area contributed by atoms with Crippen LogP contribution in [0.5, 0.6) is 0 Å². The van der Waals surface area contributed by atoms with E-state index in [9.17, 15) is 13.2 Å². The maximum atomic E-state index is 12.1. The van der Waals surface area contributed by atoms with E-state index >= 15 is 0 Å². The van der Waals surface area contributed by atoms with E-state index in [4.69, 9.17) is 5.26 Å². The normalized spacial score (nSPS) is 12.0. The van der Waals surface area contributed by atoms with Crippen molar-refractivity contribution in [2.75, 3.05) is 6.61 Å². The highest BCUT2D eigenvalue weighted by molar-refractivity contribution is 5.77. The first-order valence-electron chi connectivity index (χ1n) is 6.37. The van der Waals surface area contributed by atoms with Crippen molar-refractivity contribution in [3.63, 3.8) is 0 Å². The van der Waals surface area contributed by atoms with Crippen LogP contribution >= 0.6 is 0 Å². The highest BCUT2D eigenvalue weighted by Crippen LogP contribution is 2.23. The van der Waals surface area contributed by atoms with E-state index in [-0.39, 0.29) is 12.6 Å². The lowest BCUT2D eigenvalue weighted by Crippen LogP contribution is -2.18. The minimum atomic E-state index is -4.36. The van der Waals surface area contributed by atoms with Crippen LogP contribution in [-0.2, 0) is 11.3 Å². The minimum absolute atomic E-state index is 0.0208. The van der Waals surface area contributed by atoms with Crippen molar-refractivity contribution in [2.24, 2.45) is 0 Å². The first kappa shape index (κ1) is 15.3. The third kappa shape index (κ3) is 3.52. The van der Waals surface area contributed by atoms with Gasteiger partial charge in [-0.25, -0.2) is 4.98 Å². The van der Waals surface area contributed by atoms with Gasteiger partial charge in [-0.2, -0.15) is 18.4 Å². The highest BCUT2D eigenvalue weighted by Gasteiger charge is 2.28. The predicted octanol–water partition coefficient (Wildman–Crippen LogP) is 3.57. The molecule has 0 bridgehead atoms. The molecule has 7 heteroatoms. The fourth-order valence-corrected chi connectivity index (χ4v) is 2.15. The molecule has 21 heavy (non-hydrogen) atoms. The number of rotatable bonds is 4. The highest BCUT2D eigenvalue weighted by atomic mass is 19.4. The van der Waals surface area contributed by atoms with Gasteiger partial charge < -0.3 is 9.30 Å². The number of nitrogens with zero attached hydrogens (tertiary/aromatic N) is 3. The number of alkyl halides is 3. The lowest BCUT2D eigenvalue weighted by Gasteiger charge is -2.13. The molecule has 0 spiro atoms. The van der Waals surface area contributed by atoms with Crippen LogP contribution in [0.15, 0.2) is 18.2 Å². The van der Waals surface area contributed by atoms with Crippen LogP contribution in [0.2, 0.25) is 0 Å². The van der Waals surface area contributed by atoms with Crippen molar-refractivity contribution < 1.29 is 17.9 Å². The predicted molar refractivity (Wildman–Crippen MR) is 70.5 cm³/mol. The van der Waals surface area contributed by atoms with Crippen molar-refractivity contribution in [3.8, 4) is 6.07 Å². The summed E-state index contributed by atoms with van der Waals surface area (Å²) in [6.07, 6.45) is -4.36. The standard InChI is InChI=1S/C14H14F3N3O/c1-9(2)20-12-4-3-10(6-18)5-11(12)19-13(20)7-21-8-14(15,16)17/h3-5,9H,7-8H2,1-2H3. The monoisotopic (exact) mass is 297 g/mol. The molecule has 2 aromatic rings. The first-order chi connectivity index (χ1) is 9.81. The Hall–Kier alpha value is -2.07. The molecule has 2 rings (SSSR count). The molecule has 0 atom stereocenters. The van der Waals surface area contributed by atoms with Crippen molar-refractivity contribution in [1.29, 1.82) is 5.26 Å². The van der Waals surface area contributed by atoms with E-state index in [1.807, 2.05) is 24.5 Å². The van der Waals surface area contributed by atoms with Crippen LogP contribution in [0.25, 0.3) is 11.0 Å². The Kier molecular flexibility index (Phi) is 4.19. The van der Waals surface area contributed by atoms with Crippen LogP contribution < -0.4 is 0 Å². The first-order valence-corrected chi connectivity index (χ1v) is 6.37.